The minimum Gasteiger partial charge on any atom is -0.510 e. The zero-order valence-electron chi connectivity index (χ0n) is 11.0. The second-order valence-corrected chi connectivity index (χ2v) is 4.50. The van der Waals surface area contributed by atoms with Gasteiger partial charge in [-0.15, -0.1) is 21.6 Å². The number of azo groups is 1. The molecule has 1 aromatic rings. The lowest BCUT2D eigenvalue weighted by Crippen LogP contribution is -1.99. The lowest BCUT2D eigenvalue weighted by molar-refractivity contribution is -0.113. The summed E-state index contributed by atoms with van der Waals surface area (Å²) in [5.41, 5.74) is -0.0853. The number of carbonyl (C=O) groups excluding carboxylic acids is 2. The number of methoxy groups -OCH3 is 1. The average molecular weight is 293 g/mol. The highest BCUT2D eigenvalue weighted by molar-refractivity contribution is 7.12. The Bertz CT molecular complexity index is 648. The van der Waals surface area contributed by atoms with Crippen molar-refractivity contribution in [1.82, 2.24) is 0 Å². The Hall–Kier alpha value is -2.53. The van der Waals surface area contributed by atoms with Crippen molar-refractivity contribution in [2.24, 2.45) is 10.2 Å². The number of aliphatic hydroxyl groups excluding tert-OH is 1. The first kappa shape index (κ1) is 15.5. The van der Waals surface area contributed by atoms with Crippen LogP contribution in [0.5, 0.6) is 0 Å². The summed E-state index contributed by atoms with van der Waals surface area (Å²) in [5, 5.41) is 27.0. The highest BCUT2D eigenvalue weighted by Crippen LogP contribution is 2.32. The summed E-state index contributed by atoms with van der Waals surface area (Å²) in [6, 6.07) is 1.86. The molecular weight excluding hydrogens is 282 g/mol. The number of rotatable bonds is 4. The van der Waals surface area contributed by atoms with Crippen LogP contribution in [0.3, 0.4) is 0 Å². The first-order chi connectivity index (χ1) is 9.42. The lowest BCUT2D eigenvalue weighted by Gasteiger charge is -1.98. The van der Waals surface area contributed by atoms with Gasteiger partial charge >= 0.3 is 5.97 Å². The molecule has 0 amide bonds. The van der Waals surface area contributed by atoms with Gasteiger partial charge < -0.3 is 9.84 Å². The molecule has 7 nitrogen and oxygen atoms in total. The maximum absolute atomic E-state index is 11.5. The number of carbonyl (C=O) groups is 2. The van der Waals surface area contributed by atoms with E-state index in [1.807, 2.05) is 6.07 Å². The third-order valence-electron chi connectivity index (χ3n) is 2.18. The Kier molecular flexibility index (Phi) is 5.11. The van der Waals surface area contributed by atoms with Gasteiger partial charge in [0.1, 0.15) is 22.4 Å². The van der Waals surface area contributed by atoms with Crippen LogP contribution in [-0.2, 0) is 9.53 Å². The summed E-state index contributed by atoms with van der Waals surface area (Å²) in [7, 11) is 1.20. The molecule has 1 heterocycles. The van der Waals surface area contributed by atoms with E-state index in [0.717, 1.165) is 11.3 Å². The summed E-state index contributed by atoms with van der Waals surface area (Å²) >= 11 is 0.988. The average Bonchev–Trinajstić information content (AvgIpc) is 2.80. The SMILES string of the molecule is COC(=O)c1scc(C#N)c1N=N/C(C(C)=O)=C(/C)O. The summed E-state index contributed by atoms with van der Waals surface area (Å²) in [6.07, 6.45) is 0. The number of Topliss-reactive ketones (excluding diaryl/α,β-unsaturated/α-hetero) is 1. The molecule has 0 saturated carbocycles. The normalized spacial score (nSPS) is 11.9. The monoisotopic (exact) mass is 293 g/mol. The van der Waals surface area contributed by atoms with Crippen molar-refractivity contribution < 1.29 is 19.4 Å². The fourth-order valence-electron chi connectivity index (χ4n) is 1.27. The van der Waals surface area contributed by atoms with Crippen LogP contribution in [0, 0.1) is 11.3 Å². The molecule has 1 N–H and O–H groups in total. The Morgan fingerprint density at radius 3 is 2.55 bits per heavy atom. The molecular formula is C12H11N3O4S. The van der Waals surface area contributed by atoms with Gasteiger partial charge in [0.15, 0.2) is 11.5 Å². The van der Waals surface area contributed by atoms with Gasteiger partial charge in [0, 0.05) is 12.3 Å². The Balaban J connectivity index is 3.31. The van der Waals surface area contributed by atoms with Crippen molar-refractivity contribution in [2.45, 2.75) is 13.8 Å². The molecule has 0 unspecified atom stereocenters. The van der Waals surface area contributed by atoms with Crippen molar-refractivity contribution in [2.75, 3.05) is 7.11 Å². The standard InChI is InChI=1S/C12H11N3O4S/c1-6(16)9(7(2)17)14-15-10-8(4-13)5-20-11(10)12(18)19-3/h5,16H,1-3H3/b9-6-,15-14?. The van der Waals surface area contributed by atoms with E-state index in [9.17, 15) is 14.7 Å². The van der Waals surface area contributed by atoms with Crippen molar-refractivity contribution >= 4 is 28.8 Å². The predicted octanol–water partition coefficient (Wildman–Crippen LogP) is 2.87. The van der Waals surface area contributed by atoms with Crippen LogP contribution in [-0.4, -0.2) is 24.0 Å². The maximum Gasteiger partial charge on any atom is 0.350 e. The number of ether oxygens (including phenoxy) is 1. The molecule has 0 aliphatic carbocycles. The molecule has 0 saturated heterocycles. The van der Waals surface area contributed by atoms with Crippen LogP contribution in [0.4, 0.5) is 5.69 Å². The minimum absolute atomic E-state index is 0.0179. The van der Waals surface area contributed by atoms with Crippen molar-refractivity contribution in [3.63, 3.8) is 0 Å². The molecule has 0 radical (unpaired) electrons. The highest BCUT2D eigenvalue weighted by Gasteiger charge is 2.19. The minimum atomic E-state index is -0.653. The van der Waals surface area contributed by atoms with E-state index in [2.05, 4.69) is 15.0 Å². The van der Waals surface area contributed by atoms with Gasteiger partial charge in [-0.3, -0.25) is 4.79 Å². The molecule has 104 valence electrons. The number of nitrogens with zero attached hydrogens (tertiary/aromatic N) is 3. The van der Waals surface area contributed by atoms with Crippen molar-refractivity contribution in [3.05, 3.63) is 27.3 Å². The quantitative estimate of drug-likeness (QED) is 0.397. The van der Waals surface area contributed by atoms with E-state index >= 15 is 0 Å². The van der Waals surface area contributed by atoms with E-state index in [0.29, 0.717) is 0 Å². The molecule has 0 fully saturated rings. The summed E-state index contributed by atoms with van der Waals surface area (Å²) in [6.45, 7) is 2.50. The number of aliphatic hydroxyl groups is 1. The van der Waals surface area contributed by atoms with E-state index in [1.54, 1.807) is 0 Å². The number of esters is 1. The second-order valence-electron chi connectivity index (χ2n) is 3.62. The molecule has 1 aromatic heterocycles. The molecule has 1 rings (SSSR count). The van der Waals surface area contributed by atoms with Crippen LogP contribution in [0.2, 0.25) is 0 Å². The van der Waals surface area contributed by atoms with Crippen LogP contribution in [0.1, 0.15) is 29.1 Å². The van der Waals surface area contributed by atoms with Gasteiger partial charge in [-0.25, -0.2) is 4.79 Å². The molecule has 0 spiro atoms. The second kappa shape index (κ2) is 6.58. The number of hydrogen-bond acceptors (Lipinski definition) is 8. The number of allylic oxidation sites excluding steroid dienone is 2. The zero-order chi connectivity index (χ0) is 15.3. The fourth-order valence-corrected chi connectivity index (χ4v) is 2.11. The topological polar surface area (TPSA) is 112 Å². The van der Waals surface area contributed by atoms with Crippen molar-refractivity contribution in [3.8, 4) is 6.07 Å². The number of hydrogen-bond donors (Lipinski definition) is 1. The van der Waals surface area contributed by atoms with Crippen LogP contribution < -0.4 is 0 Å². The van der Waals surface area contributed by atoms with Gasteiger partial charge in [0.25, 0.3) is 0 Å². The third-order valence-corrected chi connectivity index (χ3v) is 3.13. The van der Waals surface area contributed by atoms with E-state index in [4.69, 9.17) is 5.26 Å². The van der Waals surface area contributed by atoms with Gasteiger partial charge in [0.05, 0.1) is 12.7 Å². The first-order valence-corrected chi connectivity index (χ1v) is 6.22. The van der Waals surface area contributed by atoms with Crippen molar-refractivity contribution in [1.29, 1.82) is 5.26 Å². The molecule has 0 aliphatic heterocycles. The van der Waals surface area contributed by atoms with Gasteiger partial charge in [-0.2, -0.15) is 5.26 Å². The summed E-state index contributed by atoms with van der Waals surface area (Å²) in [5.74, 6) is -1.43. The maximum atomic E-state index is 11.5. The van der Waals surface area contributed by atoms with E-state index in [-0.39, 0.29) is 27.6 Å². The van der Waals surface area contributed by atoms with Crippen LogP contribution in [0.25, 0.3) is 0 Å². The molecule has 20 heavy (non-hydrogen) atoms. The molecule has 0 aliphatic rings. The lowest BCUT2D eigenvalue weighted by atomic mass is 10.2. The van der Waals surface area contributed by atoms with Gasteiger partial charge in [-0.1, -0.05) is 0 Å². The third kappa shape index (κ3) is 3.27. The summed E-state index contributed by atoms with van der Waals surface area (Å²) < 4.78 is 4.57. The predicted molar refractivity (Wildman–Crippen MR) is 70.9 cm³/mol. The fraction of sp³-hybridized carbons (Fsp3) is 0.250. The molecule has 0 bridgehead atoms. The smallest absolute Gasteiger partial charge is 0.350 e. The van der Waals surface area contributed by atoms with Gasteiger partial charge in [-0.05, 0) is 6.92 Å². The summed E-state index contributed by atoms with van der Waals surface area (Å²) in [4.78, 5) is 22.9. The first-order valence-electron chi connectivity index (χ1n) is 5.34. The largest absolute Gasteiger partial charge is 0.510 e. The Morgan fingerprint density at radius 2 is 2.10 bits per heavy atom. The molecule has 0 atom stereocenters. The number of thiophene rings is 1. The zero-order valence-corrected chi connectivity index (χ0v) is 11.8. The Morgan fingerprint density at radius 1 is 1.45 bits per heavy atom. The van der Waals surface area contributed by atoms with Crippen LogP contribution >= 0.6 is 11.3 Å². The van der Waals surface area contributed by atoms with E-state index < -0.39 is 11.8 Å². The molecule has 0 aromatic carbocycles. The number of ketones is 1. The Labute approximate surface area is 118 Å². The molecule has 8 heteroatoms. The van der Waals surface area contributed by atoms with E-state index in [1.165, 1.54) is 26.3 Å². The number of nitriles is 1. The van der Waals surface area contributed by atoms with Crippen LogP contribution in [0.15, 0.2) is 27.1 Å². The highest BCUT2D eigenvalue weighted by atomic mass is 32.1. The van der Waals surface area contributed by atoms with Gasteiger partial charge in [0.2, 0.25) is 0 Å².